The van der Waals surface area contributed by atoms with Crippen molar-refractivity contribution in [2.75, 3.05) is 5.32 Å². The maximum absolute atomic E-state index is 11.3. The predicted octanol–water partition coefficient (Wildman–Crippen LogP) is 5.02. The molecular weight excluding hydrogens is 378 g/mol. The SMILES string of the molecule is O=[N+]([O-])c1cc(Br)ccc1NC(c1ccccc1)c1nccs1. The van der Waals surface area contributed by atoms with Crippen LogP contribution in [0.5, 0.6) is 0 Å². The largest absolute Gasteiger partial charge is 0.366 e. The molecule has 7 heteroatoms. The molecular formula is C16H12BrN3O2S. The molecule has 0 saturated heterocycles. The molecule has 0 aliphatic carbocycles. The van der Waals surface area contributed by atoms with Crippen molar-refractivity contribution in [3.8, 4) is 0 Å². The first-order valence-corrected chi connectivity index (χ1v) is 8.47. The fourth-order valence-corrected chi connectivity index (χ4v) is 3.31. The summed E-state index contributed by atoms with van der Waals surface area (Å²) in [5.41, 5.74) is 1.48. The molecule has 5 nitrogen and oxygen atoms in total. The zero-order valence-electron chi connectivity index (χ0n) is 11.8. The van der Waals surface area contributed by atoms with E-state index in [0.717, 1.165) is 10.6 Å². The highest BCUT2D eigenvalue weighted by atomic mass is 79.9. The number of aromatic nitrogens is 1. The molecule has 1 heterocycles. The molecule has 2 aromatic carbocycles. The van der Waals surface area contributed by atoms with Gasteiger partial charge in [0.15, 0.2) is 0 Å². The molecule has 1 atom stereocenters. The van der Waals surface area contributed by atoms with Crippen LogP contribution in [0.1, 0.15) is 16.6 Å². The molecule has 0 amide bonds. The summed E-state index contributed by atoms with van der Waals surface area (Å²) in [6, 6.07) is 14.5. The Morgan fingerprint density at radius 1 is 1.22 bits per heavy atom. The molecule has 3 aromatic rings. The van der Waals surface area contributed by atoms with Gasteiger partial charge in [-0.25, -0.2) is 4.98 Å². The van der Waals surface area contributed by atoms with Gasteiger partial charge in [0.25, 0.3) is 5.69 Å². The first kappa shape index (κ1) is 15.6. The minimum atomic E-state index is -0.392. The Balaban J connectivity index is 2.02. The van der Waals surface area contributed by atoms with Gasteiger partial charge in [0, 0.05) is 22.1 Å². The van der Waals surface area contributed by atoms with Crippen molar-refractivity contribution in [2.24, 2.45) is 0 Å². The van der Waals surface area contributed by atoms with E-state index in [4.69, 9.17) is 0 Å². The van der Waals surface area contributed by atoms with E-state index < -0.39 is 4.92 Å². The van der Waals surface area contributed by atoms with Crippen molar-refractivity contribution in [1.82, 2.24) is 4.98 Å². The van der Waals surface area contributed by atoms with E-state index in [-0.39, 0.29) is 11.7 Å². The third-order valence-electron chi connectivity index (χ3n) is 3.29. The van der Waals surface area contributed by atoms with E-state index in [0.29, 0.717) is 10.2 Å². The van der Waals surface area contributed by atoms with Crippen LogP contribution in [-0.2, 0) is 0 Å². The number of nitro groups is 1. The number of benzene rings is 2. The van der Waals surface area contributed by atoms with Crippen LogP contribution in [0.25, 0.3) is 0 Å². The normalized spacial score (nSPS) is 11.9. The van der Waals surface area contributed by atoms with E-state index in [1.54, 1.807) is 18.3 Å². The van der Waals surface area contributed by atoms with Crippen LogP contribution in [0.2, 0.25) is 0 Å². The molecule has 23 heavy (non-hydrogen) atoms. The lowest BCUT2D eigenvalue weighted by atomic mass is 10.1. The van der Waals surface area contributed by atoms with Crippen LogP contribution in [-0.4, -0.2) is 9.91 Å². The van der Waals surface area contributed by atoms with Gasteiger partial charge >= 0.3 is 0 Å². The van der Waals surface area contributed by atoms with Crippen molar-refractivity contribution in [3.63, 3.8) is 0 Å². The van der Waals surface area contributed by atoms with Crippen molar-refractivity contribution >= 4 is 38.6 Å². The molecule has 0 saturated carbocycles. The van der Waals surface area contributed by atoms with Gasteiger partial charge in [-0.15, -0.1) is 11.3 Å². The summed E-state index contributed by atoms with van der Waals surface area (Å²) in [5, 5.41) is 17.3. The summed E-state index contributed by atoms with van der Waals surface area (Å²) in [7, 11) is 0. The minimum Gasteiger partial charge on any atom is -0.366 e. The summed E-state index contributed by atoms with van der Waals surface area (Å²) >= 11 is 4.78. The first-order valence-electron chi connectivity index (χ1n) is 6.80. The van der Waals surface area contributed by atoms with Gasteiger partial charge in [-0.1, -0.05) is 46.3 Å². The standard InChI is InChI=1S/C16H12BrN3O2S/c17-12-6-7-13(14(10-12)20(21)22)19-15(16-18-8-9-23-16)11-4-2-1-3-5-11/h1-10,15,19H. The fraction of sp³-hybridized carbons (Fsp3) is 0.0625. The zero-order chi connectivity index (χ0) is 16.2. The molecule has 116 valence electrons. The van der Waals surface area contributed by atoms with Crippen LogP contribution in [0, 0.1) is 10.1 Å². The molecule has 3 rings (SSSR count). The molecule has 0 radical (unpaired) electrons. The third kappa shape index (κ3) is 3.57. The Morgan fingerprint density at radius 3 is 2.65 bits per heavy atom. The second-order valence-corrected chi connectivity index (χ2v) is 6.62. The van der Waals surface area contributed by atoms with Gasteiger partial charge in [-0.3, -0.25) is 10.1 Å². The number of nitrogens with zero attached hydrogens (tertiary/aromatic N) is 2. The lowest BCUT2D eigenvalue weighted by Crippen LogP contribution is -2.13. The Morgan fingerprint density at radius 2 is 2.00 bits per heavy atom. The maximum Gasteiger partial charge on any atom is 0.293 e. The maximum atomic E-state index is 11.3. The monoisotopic (exact) mass is 389 g/mol. The Kier molecular flexibility index (Phi) is 4.68. The van der Waals surface area contributed by atoms with E-state index in [9.17, 15) is 10.1 Å². The van der Waals surface area contributed by atoms with Crippen molar-refractivity contribution < 1.29 is 4.92 Å². The molecule has 1 aromatic heterocycles. The smallest absolute Gasteiger partial charge is 0.293 e. The van der Waals surface area contributed by atoms with Gasteiger partial charge in [-0.2, -0.15) is 0 Å². The number of nitrogens with one attached hydrogen (secondary N) is 1. The summed E-state index contributed by atoms with van der Waals surface area (Å²) in [5.74, 6) is 0. The Hall–Kier alpha value is -2.25. The average molecular weight is 390 g/mol. The van der Waals surface area contributed by atoms with Crippen LogP contribution in [0.3, 0.4) is 0 Å². The molecule has 0 aliphatic rings. The van der Waals surface area contributed by atoms with Crippen molar-refractivity contribution in [1.29, 1.82) is 0 Å². The number of halogens is 1. The number of rotatable bonds is 5. The van der Waals surface area contributed by atoms with Gasteiger partial charge in [0.2, 0.25) is 0 Å². The summed E-state index contributed by atoms with van der Waals surface area (Å²) in [6.07, 6.45) is 1.73. The molecule has 0 bridgehead atoms. The lowest BCUT2D eigenvalue weighted by molar-refractivity contribution is -0.384. The minimum absolute atomic E-state index is 0.0249. The van der Waals surface area contributed by atoms with Gasteiger partial charge in [-0.05, 0) is 17.7 Å². The topological polar surface area (TPSA) is 68.1 Å². The summed E-state index contributed by atoms with van der Waals surface area (Å²) in [6.45, 7) is 0. The number of thiazole rings is 1. The quantitative estimate of drug-likeness (QED) is 0.491. The fourth-order valence-electron chi connectivity index (χ4n) is 2.24. The van der Waals surface area contributed by atoms with Gasteiger partial charge < -0.3 is 5.32 Å². The number of anilines is 1. The van der Waals surface area contributed by atoms with Gasteiger partial charge in [0.05, 0.1) is 4.92 Å². The van der Waals surface area contributed by atoms with E-state index in [1.165, 1.54) is 17.4 Å². The van der Waals surface area contributed by atoms with E-state index in [2.05, 4.69) is 26.2 Å². The number of nitro benzene ring substituents is 1. The molecule has 0 spiro atoms. The highest BCUT2D eigenvalue weighted by molar-refractivity contribution is 9.10. The zero-order valence-corrected chi connectivity index (χ0v) is 14.3. The van der Waals surface area contributed by atoms with Crippen molar-refractivity contribution in [2.45, 2.75) is 6.04 Å². The molecule has 1 unspecified atom stereocenters. The van der Waals surface area contributed by atoms with Gasteiger partial charge in [0.1, 0.15) is 16.7 Å². The van der Waals surface area contributed by atoms with Crippen LogP contribution in [0.4, 0.5) is 11.4 Å². The summed E-state index contributed by atoms with van der Waals surface area (Å²) in [4.78, 5) is 15.3. The van der Waals surface area contributed by atoms with Crippen LogP contribution < -0.4 is 5.32 Å². The Bertz CT molecular complexity index is 809. The van der Waals surface area contributed by atoms with Crippen LogP contribution >= 0.6 is 27.3 Å². The van der Waals surface area contributed by atoms with Crippen molar-refractivity contribution in [3.05, 3.63) is 85.3 Å². The highest BCUT2D eigenvalue weighted by Crippen LogP contribution is 2.34. The summed E-state index contributed by atoms with van der Waals surface area (Å²) < 4.78 is 0.667. The second kappa shape index (κ2) is 6.89. The second-order valence-electron chi connectivity index (χ2n) is 4.78. The number of hydrogen-bond acceptors (Lipinski definition) is 5. The highest BCUT2D eigenvalue weighted by Gasteiger charge is 2.21. The first-order chi connectivity index (χ1) is 11.1. The number of hydrogen-bond donors (Lipinski definition) is 1. The predicted molar refractivity (Wildman–Crippen MR) is 94.8 cm³/mol. The molecule has 0 aliphatic heterocycles. The van der Waals surface area contributed by atoms with E-state index in [1.807, 2.05) is 35.7 Å². The molecule has 0 fully saturated rings. The Labute approximate surface area is 145 Å². The third-order valence-corrected chi connectivity index (χ3v) is 4.62. The average Bonchev–Trinajstić information content (AvgIpc) is 3.08. The molecule has 1 N–H and O–H groups in total. The van der Waals surface area contributed by atoms with Crippen LogP contribution in [0.15, 0.2) is 64.6 Å². The van der Waals surface area contributed by atoms with E-state index >= 15 is 0 Å². The lowest BCUT2D eigenvalue weighted by Gasteiger charge is -2.18.